The first-order valence-electron chi connectivity index (χ1n) is 7.75. The van der Waals surface area contributed by atoms with E-state index in [9.17, 15) is 0 Å². The van der Waals surface area contributed by atoms with Crippen molar-refractivity contribution in [3.63, 3.8) is 0 Å². The van der Waals surface area contributed by atoms with E-state index in [0.717, 1.165) is 19.0 Å². The number of hydrogen-bond acceptors (Lipinski definition) is 2. The molecule has 0 aromatic heterocycles. The van der Waals surface area contributed by atoms with Crippen LogP contribution < -0.4 is 0 Å². The molecule has 1 fully saturated rings. The highest BCUT2D eigenvalue weighted by Gasteiger charge is 2.11. The molecule has 0 N–H and O–H groups in total. The van der Waals surface area contributed by atoms with Gasteiger partial charge in [-0.2, -0.15) is 0 Å². The maximum Gasteiger partial charge on any atom is 0.195 e. The van der Waals surface area contributed by atoms with Crippen molar-refractivity contribution in [2.75, 3.05) is 41.3 Å². The number of rotatable bonds is 4. The number of guanidine groups is 1. The second-order valence-corrected chi connectivity index (χ2v) is 6.20. The fraction of sp³-hybridized carbons (Fsp3) is 0.588. The summed E-state index contributed by atoms with van der Waals surface area (Å²) in [5.74, 6) is 0.996. The van der Waals surface area contributed by atoms with E-state index in [0.29, 0.717) is 0 Å². The van der Waals surface area contributed by atoms with Gasteiger partial charge < -0.3 is 9.80 Å². The first kappa shape index (κ1) is 19.2. The van der Waals surface area contributed by atoms with E-state index in [1.54, 1.807) is 0 Å². The lowest BCUT2D eigenvalue weighted by Gasteiger charge is -2.22. The molecular formula is C17H29IN4. The second-order valence-electron chi connectivity index (χ2n) is 6.20. The molecule has 0 saturated carbocycles. The second kappa shape index (κ2) is 9.35. The molecule has 2 rings (SSSR count). The standard InChI is InChI=1S/C17H28N4.HI/c1-19(2)17(20(3)4)18-13-15-7-9-16(10-8-15)14-21-11-5-6-12-21;/h7-10H,5-6,11-14H2,1-4H3;1H. The quantitative estimate of drug-likeness (QED) is 0.428. The molecule has 1 aromatic rings. The molecule has 5 heteroatoms. The van der Waals surface area contributed by atoms with Crippen LogP contribution in [-0.4, -0.2) is 61.9 Å². The average Bonchev–Trinajstić information content (AvgIpc) is 2.93. The van der Waals surface area contributed by atoms with Crippen LogP contribution in [0, 0.1) is 0 Å². The third-order valence-corrected chi connectivity index (χ3v) is 3.83. The van der Waals surface area contributed by atoms with E-state index in [-0.39, 0.29) is 24.0 Å². The van der Waals surface area contributed by atoms with Crippen LogP contribution in [0.3, 0.4) is 0 Å². The van der Waals surface area contributed by atoms with Crippen molar-refractivity contribution < 1.29 is 0 Å². The Balaban J connectivity index is 0.00000242. The fourth-order valence-electron chi connectivity index (χ4n) is 2.79. The highest BCUT2D eigenvalue weighted by molar-refractivity contribution is 14.0. The van der Waals surface area contributed by atoms with E-state index >= 15 is 0 Å². The van der Waals surface area contributed by atoms with Crippen LogP contribution >= 0.6 is 24.0 Å². The van der Waals surface area contributed by atoms with Crippen LogP contribution in [0.5, 0.6) is 0 Å². The largest absolute Gasteiger partial charge is 0.349 e. The van der Waals surface area contributed by atoms with Gasteiger partial charge >= 0.3 is 0 Å². The summed E-state index contributed by atoms with van der Waals surface area (Å²) in [5.41, 5.74) is 2.67. The Kier molecular flexibility index (Phi) is 8.17. The minimum absolute atomic E-state index is 0. The molecule has 1 aliphatic rings. The third-order valence-electron chi connectivity index (χ3n) is 3.83. The Morgan fingerprint density at radius 3 is 1.95 bits per heavy atom. The molecule has 4 nitrogen and oxygen atoms in total. The van der Waals surface area contributed by atoms with Gasteiger partial charge in [0.1, 0.15) is 0 Å². The van der Waals surface area contributed by atoms with Gasteiger partial charge in [0.2, 0.25) is 0 Å². The Hall–Kier alpha value is -0.820. The minimum atomic E-state index is 0. The van der Waals surface area contributed by atoms with Gasteiger partial charge in [0, 0.05) is 34.7 Å². The predicted molar refractivity (Wildman–Crippen MR) is 105 cm³/mol. The lowest BCUT2D eigenvalue weighted by molar-refractivity contribution is 0.331. The van der Waals surface area contributed by atoms with Crippen molar-refractivity contribution in [3.05, 3.63) is 35.4 Å². The number of halogens is 1. The first-order valence-corrected chi connectivity index (χ1v) is 7.75. The summed E-state index contributed by atoms with van der Waals surface area (Å²) in [7, 11) is 8.10. The maximum atomic E-state index is 4.68. The summed E-state index contributed by atoms with van der Waals surface area (Å²) < 4.78 is 0. The van der Waals surface area contributed by atoms with Crippen LogP contribution in [0.1, 0.15) is 24.0 Å². The van der Waals surface area contributed by atoms with E-state index in [1.165, 1.54) is 37.1 Å². The van der Waals surface area contributed by atoms with Crippen LogP contribution in [0.4, 0.5) is 0 Å². The zero-order valence-electron chi connectivity index (χ0n) is 14.2. The van der Waals surface area contributed by atoms with Crippen molar-refractivity contribution in [1.29, 1.82) is 0 Å². The van der Waals surface area contributed by atoms with Crippen molar-refractivity contribution in [2.24, 2.45) is 4.99 Å². The van der Waals surface area contributed by atoms with Gasteiger partial charge in [-0.05, 0) is 37.1 Å². The highest BCUT2D eigenvalue weighted by Crippen LogP contribution is 2.13. The van der Waals surface area contributed by atoms with Crippen LogP contribution in [0.2, 0.25) is 0 Å². The number of likely N-dealkylation sites (tertiary alicyclic amines) is 1. The van der Waals surface area contributed by atoms with Crippen LogP contribution in [-0.2, 0) is 13.1 Å². The summed E-state index contributed by atoms with van der Waals surface area (Å²) in [4.78, 5) is 11.3. The minimum Gasteiger partial charge on any atom is -0.349 e. The van der Waals surface area contributed by atoms with Crippen molar-refractivity contribution >= 4 is 29.9 Å². The molecule has 1 saturated heterocycles. The molecule has 0 amide bonds. The molecule has 0 aliphatic carbocycles. The van der Waals surface area contributed by atoms with Gasteiger partial charge in [-0.1, -0.05) is 24.3 Å². The fourth-order valence-corrected chi connectivity index (χ4v) is 2.79. The van der Waals surface area contributed by atoms with Gasteiger partial charge in [0.15, 0.2) is 5.96 Å². The van der Waals surface area contributed by atoms with E-state index in [1.807, 2.05) is 38.0 Å². The van der Waals surface area contributed by atoms with Crippen LogP contribution in [0.15, 0.2) is 29.3 Å². The maximum absolute atomic E-state index is 4.68. The monoisotopic (exact) mass is 416 g/mol. The molecule has 1 aromatic carbocycles. The highest BCUT2D eigenvalue weighted by atomic mass is 127. The number of nitrogens with zero attached hydrogens (tertiary/aromatic N) is 4. The zero-order valence-corrected chi connectivity index (χ0v) is 16.6. The van der Waals surface area contributed by atoms with Crippen molar-refractivity contribution in [3.8, 4) is 0 Å². The predicted octanol–water partition coefficient (Wildman–Crippen LogP) is 2.88. The van der Waals surface area contributed by atoms with Gasteiger partial charge in [-0.15, -0.1) is 24.0 Å². The average molecular weight is 416 g/mol. The smallest absolute Gasteiger partial charge is 0.195 e. The molecule has 1 heterocycles. The lowest BCUT2D eigenvalue weighted by atomic mass is 10.1. The molecule has 124 valence electrons. The lowest BCUT2D eigenvalue weighted by Crippen LogP contribution is -2.35. The summed E-state index contributed by atoms with van der Waals surface area (Å²) in [5, 5.41) is 0. The van der Waals surface area contributed by atoms with E-state index in [2.05, 4.69) is 34.2 Å². The van der Waals surface area contributed by atoms with E-state index in [4.69, 9.17) is 0 Å². The van der Waals surface area contributed by atoms with Gasteiger partial charge in [0.25, 0.3) is 0 Å². The molecule has 22 heavy (non-hydrogen) atoms. The number of hydrogen-bond donors (Lipinski definition) is 0. The number of aliphatic imine (C=N–C) groups is 1. The first-order chi connectivity index (χ1) is 10.1. The zero-order chi connectivity index (χ0) is 15.2. The summed E-state index contributed by atoms with van der Waals surface area (Å²) in [6.45, 7) is 4.32. The van der Waals surface area contributed by atoms with Crippen LogP contribution in [0.25, 0.3) is 0 Å². The Bertz CT molecular complexity index is 452. The normalized spacial score (nSPS) is 14.4. The summed E-state index contributed by atoms with van der Waals surface area (Å²) in [6.07, 6.45) is 2.70. The number of benzene rings is 1. The third kappa shape index (κ3) is 5.76. The van der Waals surface area contributed by atoms with Gasteiger partial charge in [0.05, 0.1) is 6.54 Å². The summed E-state index contributed by atoms with van der Waals surface area (Å²) in [6, 6.07) is 8.90. The Labute approximate surface area is 152 Å². The van der Waals surface area contributed by atoms with Crippen molar-refractivity contribution in [2.45, 2.75) is 25.9 Å². The van der Waals surface area contributed by atoms with Gasteiger partial charge in [-0.3, -0.25) is 4.90 Å². The Morgan fingerprint density at radius 1 is 0.955 bits per heavy atom. The van der Waals surface area contributed by atoms with Crippen molar-refractivity contribution in [1.82, 2.24) is 14.7 Å². The summed E-state index contributed by atoms with van der Waals surface area (Å²) >= 11 is 0. The molecular weight excluding hydrogens is 387 g/mol. The molecule has 0 unspecified atom stereocenters. The SMILES string of the molecule is CN(C)C(=NCc1ccc(CN2CCCC2)cc1)N(C)C.I. The molecule has 0 atom stereocenters. The topological polar surface area (TPSA) is 22.1 Å². The Morgan fingerprint density at radius 2 is 1.45 bits per heavy atom. The molecule has 0 bridgehead atoms. The van der Waals surface area contributed by atoms with Gasteiger partial charge in [-0.25, -0.2) is 4.99 Å². The molecule has 0 spiro atoms. The molecule has 1 aliphatic heterocycles. The van der Waals surface area contributed by atoms with E-state index < -0.39 is 0 Å². The molecule has 0 radical (unpaired) electrons.